The maximum absolute atomic E-state index is 12.7. The van der Waals surface area contributed by atoms with E-state index in [0.717, 1.165) is 25.2 Å². The maximum atomic E-state index is 12.7. The Kier molecular flexibility index (Phi) is 8.40. The zero-order valence-electron chi connectivity index (χ0n) is 18.1. The van der Waals surface area contributed by atoms with Crippen LogP contribution in [0.15, 0.2) is 47.4 Å². The molecule has 0 saturated heterocycles. The van der Waals surface area contributed by atoms with Crippen molar-refractivity contribution in [1.82, 2.24) is 9.21 Å². The number of phenolic OH excluding ortho intramolecular Hbond substituents is 1. The second-order valence-electron chi connectivity index (χ2n) is 6.88. The van der Waals surface area contributed by atoms with E-state index in [1.165, 1.54) is 22.5 Å². The number of phenols is 1. The predicted octanol–water partition coefficient (Wildman–Crippen LogP) is 3.52. The fraction of sp³-hybridized carbons (Fsp3) is 0.409. The first-order valence-electron chi connectivity index (χ1n) is 10.2. The topological polar surface area (TPSA) is 90.0 Å². The van der Waals surface area contributed by atoms with Gasteiger partial charge < -0.3 is 10.4 Å². The number of nitrogens with one attached hydrogen (secondary N) is 1. The largest absolute Gasteiger partial charge is 0.506 e. The van der Waals surface area contributed by atoms with E-state index in [2.05, 4.69) is 24.1 Å². The van der Waals surface area contributed by atoms with E-state index < -0.39 is 15.9 Å². The third kappa shape index (κ3) is 5.59. The molecule has 8 heteroatoms. The summed E-state index contributed by atoms with van der Waals surface area (Å²) < 4.78 is 26.8. The van der Waals surface area contributed by atoms with Gasteiger partial charge in [-0.2, -0.15) is 4.31 Å². The quantitative estimate of drug-likeness (QED) is 0.560. The van der Waals surface area contributed by atoms with Gasteiger partial charge in [-0.05, 0) is 49.0 Å². The number of rotatable bonds is 10. The number of hydrogen-bond donors (Lipinski definition) is 2. The molecular weight excluding hydrogens is 402 g/mol. The van der Waals surface area contributed by atoms with Gasteiger partial charge in [0.1, 0.15) is 5.75 Å². The second-order valence-corrected chi connectivity index (χ2v) is 8.82. The van der Waals surface area contributed by atoms with Crippen LogP contribution in [0.4, 0.5) is 5.69 Å². The first-order chi connectivity index (χ1) is 14.3. The summed E-state index contributed by atoms with van der Waals surface area (Å²) in [6.45, 7) is 11.1. The molecule has 1 amide bonds. The van der Waals surface area contributed by atoms with Gasteiger partial charge in [0.25, 0.3) is 5.91 Å². The molecule has 30 heavy (non-hydrogen) atoms. The van der Waals surface area contributed by atoms with Crippen molar-refractivity contribution in [3.8, 4) is 5.75 Å². The van der Waals surface area contributed by atoms with Crippen LogP contribution in [0.2, 0.25) is 0 Å². The van der Waals surface area contributed by atoms with Crippen LogP contribution in [-0.2, 0) is 16.6 Å². The first kappa shape index (κ1) is 23.9. The summed E-state index contributed by atoms with van der Waals surface area (Å²) in [6, 6.07) is 11.1. The number of benzene rings is 2. The van der Waals surface area contributed by atoms with Crippen LogP contribution in [0.3, 0.4) is 0 Å². The molecule has 2 aromatic carbocycles. The molecule has 2 aromatic rings. The SMILES string of the molecule is CCN(CC)Cc1ccc(C(=O)Nc2cc(S(=O)(=O)N(CC)CC)ccc2O)cc1. The average Bonchev–Trinajstić information content (AvgIpc) is 2.74. The van der Waals surface area contributed by atoms with Gasteiger partial charge in [0.2, 0.25) is 10.0 Å². The number of aromatic hydroxyl groups is 1. The summed E-state index contributed by atoms with van der Waals surface area (Å²) >= 11 is 0. The lowest BCUT2D eigenvalue weighted by atomic mass is 10.1. The lowest BCUT2D eigenvalue weighted by Crippen LogP contribution is -2.30. The smallest absolute Gasteiger partial charge is 0.255 e. The molecular formula is C22H31N3O4S. The van der Waals surface area contributed by atoms with E-state index in [1.807, 2.05) is 12.1 Å². The van der Waals surface area contributed by atoms with Gasteiger partial charge in [-0.1, -0.05) is 39.8 Å². The van der Waals surface area contributed by atoms with Crippen LogP contribution in [0.1, 0.15) is 43.6 Å². The lowest BCUT2D eigenvalue weighted by Gasteiger charge is -2.19. The predicted molar refractivity (Wildman–Crippen MR) is 119 cm³/mol. The molecule has 0 aromatic heterocycles. The number of hydrogen-bond acceptors (Lipinski definition) is 5. The van der Waals surface area contributed by atoms with E-state index in [-0.39, 0.29) is 16.3 Å². The molecule has 0 unspecified atom stereocenters. The van der Waals surface area contributed by atoms with E-state index in [0.29, 0.717) is 18.7 Å². The van der Waals surface area contributed by atoms with Gasteiger partial charge in [0.05, 0.1) is 10.6 Å². The van der Waals surface area contributed by atoms with Crippen molar-refractivity contribution in [2.45, 2.75) is 39.1 Å². The zero-order valence-corrected chi connectivity index (χ0v) is 18.9. The van der Waals surface area contributed by atoms with Crippen LogP contribution in [0.5, 0.6) is 5.75 Å². The van der Waals surface area contributed by atoms with Crippen molar-refractivity contribution >= 4 is 21.6 Å². The van der Waals surface area contributed by atoms with Crippen LogP contribution >= 0.6 is 0 Å². The molecule has 164 valence electrons. The molecule has 0 aliphatic heterocycles. The van der Waals surface area contributed by atoms with Crippen LogP contribution in [0, 0.1) is 0 Å². The van der Waals surface area contributed by atoms with Gasteiger partial charge in [0.15, 0.2) is 0 Å². The van der Waals surface area contributed by atoms with Crippen molar-refractivity contribution in [2.24, 2.45) is 0 Å². The molecule has 0 fully saturated rings. The highest BCUT2D eigenvalue weighted by molar-refractivity contribution is 7.89. The monoisotopic (exact) mass is 433 g/mol. The Balaban J connectivity index is 2.21. The summed E-state index contributed by atoms with van der Waals surface area (Å²) in [4.78, 5) is 14.9. The van der Waals surface area contributed by atoms with Crippen molar-refractivity contribution in [3.05, 3.63) is 53.6 Å². The van der Waals surface area contributed by atoms with Crippen molar-refractivity contribution < 1.29 is 18.3 Å². The molecule has 0 radical (unpaired) electrons. The molecule has 0 heterocycles. The number of sulfonamides is 1. The molecule has 2 rings (SSSR count). The highest BCUT2D eigenvalue weighted by atomic mass is 32.2. The third-order valence-electron chi connectivity index (χ3n) is 5.08. The summed E-state index contributed by atoms with van der Waals surface area (Å²) in [7, 11) is -3.70. The fourth-order valence-corrected chi connectivity index (χ4v) is 4.63. The summed E-state index contributed by atoms with van der Waals surface area (Å²) in [5.74, 6) is -0.614. The average molecular weight is 434 g/mol. The van der Waals surface area contributed by atoms with Crippen molar-refractivity contribution in [2.75, 3.05) is 31.5 Å². The van der Waals surface area contributed by atoms with Gasteiger partial charge >= 0.3 is 0 Å². The van der Waals surface area contributed by atoms with Crippen LogP contribution in [0.25, 0.3) is 0 Å². The maximum Gasteiger partial charge on any atom is 0.255 e. The van der Waals surface area contributed by atoms with E-state index in [1.54, 1.807) is 26.0 Å². The molecule has 0 aliphatic carbocycles. The van der Waals surface area contributed by atoms with E-state index in [9.17, 15) is 18.3 Å². The van der Waals surface area contributed by atoms with E-state index >= 15 is 0 Å². The zero-order chi connectivity index (χ0) is 22.3. The third-order valence-corrected chi connectivity index (χ3v) is 7.12. The van der Waals surface area contributed by atoms with Gasteiger partial charge in [0, 0.05) is 25.2 Å². The van der Waals surface area contributed by atoms with Crippen LogP contribution in [-0.4, -0.2) is 54.8 Å². The molecule has 0 bridgehead atoms. The highest BCUT2D eigenvalue weighted by Gasteiger charge is 2.23. The van der Waals surface area contributed by atoms with E-state index in [4.69, 9.17) is 0 Å². The van der Waals surface area contributed by atoms with Crippen LogP contribution < -0.4 is 5.32 Å². The van der Waals surface area contributed by atoms with Crippen molar-refractivity contribution in [1.29, 1.82) is 0 Å². The Morgan fingerprint density at radius 3 is 2.07 bits per heavy atom. The number of amides is 1. The normalized spacial score (nSPS) is 11.8. The standard InChI is InChI=1S/C22H31N3O4S/c1-5-24(6-2)16-17-9-11-18(12-10-17)22(27)23-20-15-19(13-14-21(20)26)30(28,29)25(7-3)8-4/h9-15,26H,5-8,16H2,1-4H3,(H,23,27). The Morgan fingerprint density at radius 1 is 0.933 bits per heavy atom. The Bertz CT molecular complexity index is 951. The lowest BCUT2D eigenvalue weighted by molar-refractivity contribution is 0.102. The number of carbonyl (C=O) groups excluding carboxylic acids is 1. The number of carbonyl (C=O) groups is 1. The fourth-order valence-electron chi connectivity index (χ4n) is 3.15. The highest BCUT2D eigenvalue weighted by Crippen LogP contribution is 2.28. The minimum atomic E-state index is -3.70. The van der Waals surface area contributed by atoms with Crippen molar-refractivity contribution in [3.63, 3.8) is 0 Å². The van der Waals surface area contributed by atoms with Gasteiger partial charge in [-0.3, -0.25) is 9.69 Å². The first-order valence-corrected chi connectivity index (χ1v) is 11.7. The Hall–Kier alpha value is -2.42. The Labute approximate surface area is 179 Å². The molecule has 0 atom stereocenters. The Morgan fingerprint density at radius 2 is 1.53 bits per heavy atom. The summed E-state index contributed by atoms with van der Waals surface area (Å²) in [5.41, 5.74) is 1.58. The summed E-state index contributed by atoms with van der Waals surface area (Å²) in [6.07, 6.45) is 0. The number of anilines is 1. The number of nitrogens with zero attached hydrogens (tertiary/aromatic N) is 2. The minimum Gasteiger partial charge on any atom is -0.506 e. The summed E-state index contributed by atoms with van der Waals surface area (Å²) in [5, 5.41) is 12.7. The second kappa shape index (κ2) is 10.6. The molecule has 0 spiro atoms. The van der Waals surface area contributed by atoms with Gasteiger partial charge in [-0.15, -0.1) is 0 Å². The minimum absolute atomic E-state index is 0.0221. The molecule has 2 N–H and O–H groups in total. The molecule has 7 nitrogen and oxygen atoms in total. The molecule has 0 saturated carbocycles. The molecule has 0 aliphatic rings. The van der Waals surface area contributed by atoms with Gasteiger partial charge in [-0.25, -0.2) is 8.42 Å².